The highest BCUT2D eigenvalue weighted by molar-refractivity contribution is 5.95. The number of ether oxygens (including phenoxy) is 1. The minimum Gasteiger partial charge on any atom is -0.464 e. The Labute approximate surface area is 159 Å². The van der Waals surface area contributed by atoms with Crippen molar-refractivity contribution >= 4 is 16.9 Å². The Morgan fingerprint density at radius 3 is 2.50 bits per heavy atom. The molecule has 1 saturated heterocycles. The molecule has 1 aliphatic rings. The number of rotatable bonds is 2. The van der Waals surface area contributed by atoms with Crippen LogP contribution in [0.3, 0.4) is 0 Å². The van der Waals surface area contributed by atoms with Crippen molar-refractivity contribution in [3.05, 3.63) is 59.9 Å². The highest BCUT2D eigenvalue weighted by atomic mass is 19.4. The number of benzene rings is 2. The van der Waals surface area contributed by atoms with Gasteiger partial charge in [-0.15, -0.1) is 0 Å². The van der Waals surface area contributed by atoms with Crippen LogP contribution in [0.25, 0.3) is 22.1 Å². The number of carbonyl (C=O) groups excluding carboxylic acids is 1. The number of halogens is 3. The van der Waals surface area contributed by atoms with E-state index in [1.807, 2.05) is 0 Å². The summed E-state index contributed by atoms with van der Waals surface area (Å²) in [5, 5.41) is 0.384. The summed E-state index contributed by atoms with van der Waals surface area (Å²) in [6.45, 7) is 2.31. The molecule has 28 heavy (non-hydrogen) atoms. The molecular formula is C21H18F3NO3. The van der Waals surface area contributed by atoms with Crippen molar-refractivity contribution in [2.24, 2.45) is 0 Å². The van der Waals surface area contributed by atoms with Gasteiger partial charge in [0, 0.05) is 30.6 Å². The Balaban J connectivity index is 1.64. The van der Waals surface area contributed by atoms with Gasteiger partial charge in [-0.3, -0.25) is 4.79 Å². The number of furan rings is 1. The van der Waals surface area contributed by atoms with Gasteiger partial charge in [0.1, 0.15) is 5.58 Å². The largest absolute Gasteiger partial charge is 0.464 e. The topological polar surface area (TPSA) is 42.7 Å². The first kappa shape index (κ1) is 18.6. The molecule has 4 nitrogen and oxygen atoms in total. The van der Waals surface area contributed by atoms with Crippen LogP contribution in [0.1, 0.15) is 22.3 Å². The predicted molar refractivity (Wildman–Crippen MR) is 98.0 cm³/mol. The molecule has 0 spiro atoms. The number of alkyl halides is 3. The Bertz CT molecular complexity index is 984. The first-order valence-electron chi connectivity index (χ1n) is 8.99. The Kier molecular flexibility index (Phi) is 4.85. The fourth-order valence-electron chi connectivity index (χ4n) is 3.40. The van der Waals surface area contributed by atoms with Gasteiger partial charge in [-0.2, -0.15) is 13.2 Å². The summed E-state index contributed by atoms with van der Waals surface area (Å²) in [7, 11) is 0. The lowest BCUT2D eigenvalue weighted by Gasteiger charge is -2.19. The summed E-state index contributed by atoms with van der Waals surface area (Å²) in [6, 6.07) is 10.9. The quantitative estimate of drug-likeness (QED) is 0.621. The summed E-state index contributed by atoms with van der Waals surface area (Å²) in [5.41, 5.74) is 0.542. The van der Waals surface area contributed by atoms with Crippen LogP contribution in [-0.4, -0.2) is 37.1 Å². The molecule has 0 saturated carbocycles. The Morgan fingerprint density at radius 2 is 1.75 bits per heavy atom. The fraction of sp³-hybridized carbons (Fsp3) is 0.286. The molecule has 1 aromatic heterocycles. The lowest BCUT2D eigenvalue weighted by molar-refractivity contribution is -0.136. The third-order valence-corrected chi connectivity index (χ3v) is 4.83. The van der Waals surface area contributed by atoms with Crippen molar-refractivity contribution in [1.29, 1.82) is 0 Å². The van der Waals surface area contributed by atoms with Gasteiger partial charge in [0.15, 0.2) is 0 Å². The zero-order valence-electron chi connectivity index (χ0n) is 15.0. The number of hydrogen-bond acceptors (Lipinski definition) is 3. The predicted octanol–water partition coefficient (Wildman–Crippen LogP) is 4.98. The first-order valence-corrected chi connectivity index (χ1v) is 8.99. The summed E-state index contributed by atoms with van der Waals surface area (Å²) < 4.78 is 50.5. The fourth-order valence-corrected chi connectivity index (χ4v) is 3.40. The smallest absolute Gasteiger partial charge is 0.420 e. The highest BCUT2D eigenvalue weighted by Crippen LogP contribution is 2.38. The molecule has 146 valence electrons. The average Bonchev–Trinajstić information content (AvgIpc) is 2.99. The number of fused-ring (bicyclic) bond motifs is 1. The van der Waals surface area contributed by atoms with Crippen LogP contribution in [0.4, 0.5) is 13.2 Å². The van der Waals surface area contributed by atoms with E-state index in [1.165, 1.54) is 12.3 Å². The molecule has 2 aromatic carbocycles. The average molecular weight is 389 g/mol. The van der Waals surface area contributed by atoms with E-state index in [9.17, 15) is 18.0 Å². The lowest BCUT2D eigenvalue weighted by Crippen LogP contribution is -2.33. The molecule has 1 fully saturated rings. The van der Waals surface area contributed by atoms with Crippen LogP contribution in [0.15, 0.2) is 53.1 Å². The number of amides is 1. The minimum atomic E-state index is -4.52. The molecule has 2 heterocycles. The van der Waals surface area contributed by atoms with Crippen LogP contribution in [0.2, 0.25) is 0 Å². The molecule has 1 aliphatic heterocycles. The third-order valence-electron chi connectivity index (χ3n) is 4.83. The van der Waals surface area contributed by atoms with Crippen molar-refractivity contribution < 1.29 is 27.1 Å². The van der Waals surface area contributed by atoms with Gasteiger partial charge < -0.3 is 14.1 Å². The van der Waals surface area contributed by atoms with Crippen LogP contribution >= 0.6 is 0 Å². The maximum absolute atomic E-state index is 13.4. The number of nitrogens with zero attached hydrogens (tertiary/aromatic N) is 1. The van der Waals surface area contributed by atoms with Gasteiger partial charge in [-0.1, -0.05) is 12.1 Å². The molecule has 1 amide bonds. The molecule has 0 radical (unpaired) electrons. The van der Waals surface area contributed by atoms with Gasteiger partial charge in [-0.05, 0) is 47.9 Å². The van der Waals surface area contributed by atoms with Crippen molar-refractivity contribution in [3.63, 3.8) is 0 Å². The standard InChI is InChI=1S/C21H18F3NO3/c22-21(23,24)18-13-17(12-16-6-10-28-19(16)18)14-2-4-15(5-3-14)20(26)25-7-1-9-27-11-8-25/h2-6,10,12-13H,1,7-9,11H2. The molecule has 0 N–H and O–H groups in total. The van der Waals surface area contributed by atoms with Crippen LogP contribution in [-0.2, 0) is 10.9 Å². The minimum absolute atomic E-state index is 0.0988. The van der Waals surface area contributed by atoms with Gasteiger partial charge >= 0.3 is 6.18 Å². The molecule has 0 unspecified atom stereocenters. The molecule has 4 rings (SSSR count). The number of hydrogen-bond donors (Lipinski definition) is 0. The van der Waals surface area contributed by atoms with E-state index < -0.39 is 11.7 Å². The van der Waals surface area contributed by atoms with E-state index in [1.54, 1.807) is 35.2 Å². The monoisotopic (exact) mass is 389 g/mol. The van der Waals surface area contributed by atoms with E-state index in [4.69, 9.17) is 9.15 Å². The SMILES string of the molecule is O=C(c1ccc(-c2cc(C(F)(F)F)c3occc3c2)cc1)N1CCCOCC1. The third kappa shape index (κ3) is 3.62. The van der Waals surface area contributed by atoms with E-state index in [0.29, 0.717) is 48.4 Å². The van der Waals surface area contributed by atoms with Crippen LogP contribution < -0.4 is 0 Å². The van der Waals surface area contributed by atoms with E-state index in [2.05, 4.69) is 0 Å². The van der Waals surface area contributed by atoms with Crippen molar-refractivity contribution in [2.45, 2.75) is 12.6 Å². The molecule has 0 bridgehead atoms. The second-order valence-corrected chi connectivity index (χ2v) is 6.70. The summed E-state index contributed by atoms with van der Waals surface area (Å²) in [4.78, 5) is 14.4. The zero-order chi connectivity index (χ0) is 19.7. The van der Waals surface area contributed by atoms with Gasteiger partial charge in [0.25, 0.3) is 5.91 Å². The Morgan fingerprint density at radius 1 is 0.964 bits per heavy atom. The van der Waals surface area contributed by atoms with Crippen molar-refractivity contribution in [1.82, 2.24) is 4.90 Å². The number of carbonyl (C=O) groups is 1. The van der Waals surface area contributed by atoms with E-state index in [-0.39, 0.29) is 11.5 Å². The Hall–Kier alpha value is -2.80. The molecular weight excluding hydrogens is 371 g/mol. The maximum Gasteiger partial charge on any atom is 0.420 e. The van der Waals surface area contributed by atoms with Crippen LogP contribution in [0.5, 0.6) is 0 Å². The second-order valence-electron chi connectivity index (χ2n) is 6.70. The van der Waals surface area contributed by atoms with Gasteiger partial charge in [0.2, 0.25) is 0 Å². The van der Waals surface area contributed by atoms with Gasteiger partial charge in [-0.25, -0.2) is 0 Å². The summed E-state index contributed by atoms with van der Waals surface area (Å²) >= 11 is 0. The first-order chi connectivity index (χ1) is 13.4. The van der Waals surface area contributed by atoms with Crippen LogP contribution in [0, 0.1) is 0 Å². The van der Waals surface area contributed by atoms with Crippen molar-refractivity contribution in [3.8, 4) is 11.1 Å². The molecule has 7 heteroatoms. The van der Waals surface area contributed by atoms with E-state index in [0.717, 1.165) is 12.5 Å². The second kappa shape index (κ2) is 7.31. The lowest BCUT2D eigenvalue weighted by atomic mass is 9.99. The normalized spacial score (nSPS) is 15.6. The molecule has 3 aromatic rings. The molecule has 0 aliphatic carbocycles. The summed E-state index contributed by atoms with van der Waals surface area (Å²) in [6.07, 6.45) is -2.48. The molecule has 0 atom stereocenters. The van der Waals surface area contributed by atoms with Gasteiger partial charge in [0.05, 0.1) is 18.4 Å². The zero-order valence-corrected chi connectivity index (χ0v) is 15.0. The highest BCUT2D eigenvalue weighted by Gasteiger charge is 2.34. The van der Waals surface area contributed by atoms with E-state index >= 15 is 0 Å². The maximum atomic E-state index is 13.4. The summed E-state index contributed by atoms with van der Waals surface area (Å²) in [5.74, 6) is -0.0988. The van der Waals surface area contributed by atoms with Crippen molar-refractivity contribution in [2.75, 3.05) is 26.3 Å².